The molecule has 1 amide bonds. The summed E-state index contributed by atoms with van der Waals surface area (Å²) in [5.41, 5.74) is 0. The number of carboxylic acids is 1. The molecule has 0 spiro atoms. The maximum atomic E-state index is 12.2. The summed E-state index contributed by atoms with van der Waals surface area (Å²) in [7, 11) is -3.59. The highest BCUT2D eigenvalue weighted by Crippen LogP contribution is 2.09. The molecule has 0 aliphatic rings. The van der Waals surface area contributed by atoms with Crippen LogP contribution in [0.15, 0.2) is 0 Å². The minimum Gasteiger partial charge on any atom is -0.480 e. The molecule has 20 heavy (non-hydrogen) atoms. The van der Waals surface area contributed by atoms with Gasteiger partial charge in [0.15, 0.2) is 0 Å². The fourth-order valence-corrected chi connectivity index (χ4v) is 2.35. The van der Waals surface area contributed by atoms with E-state index in [-0.39, 0.29) is 18.9 Å². The van der Waals surface area contributed by atoms with E-state index in [1.54, 1.807) is 0 Å². The van der Waals surface area contributed by atoms with Crippen LogP contribution < -0.4 is 4.72 Å². The highest BCUT2D eigenvalue weighted by Gasteiger charge is 2.28. The van der Waals surface area contributed by atoms with Crippen molar-refractivity contribution in [3.8, 4) is 12.3 Å². The summed E-state index contributed by atoms with van der Waals surface area (Å²) in [5, 5.41) is 8.75. The third kappa shape index (κ3) is 7.76. The summed E-state index contributed by atoms with van der Waals surface area (Å²) in [5.74, 6) is 0.395. The highest BCUT2D eigenvalue weighted by molar-refractivity contribution is 7.88. The van der Waals surface area contributed by atoms with Crippen molar-refractivity contribution in [3.63, 3.8) is 0 Å². The van der Waals surface area contributed by atoms with Crippen LogP contribution in [0.1, 0.15) is 20.3 Å². The Morgan fingerprint density at radius 1 is 1.40 bits per heavy atom. The van der Waals surface area contributed by atoms with E-state index in [1.807, 2.05) is 13.8 Å². The average molecular weight is 304 g/mol. The Bertz CT molecular complexity index is 492. The first-order valence-corrected chi connectivity index (χ1v) is 7.87. The number of nitrogens with zero attached hydrogens (tertiary/aromatic N) is 1. The molecule has 0 aliphatic heterocycles. The molecular weight excluding hydrogens is 284 g/mol. The number of aliphatic carboxylic acids is 1. The largest absolute Gasteiger partial charge is 0.480 e. The summed E-state index contributed by atoms with van der Waals surface area (Å²) in [6, 6.07) is -1.02. The summed E-state index contributed by atoms with van der Waals surface area (Å²) in [6.07, 6.45) is 6.29. The van der Waals surface area contributed by atoms with Gasteiger partial charge in [-0.1, -0.05) is 19.8 Å². The van der Waals surface area contributed by atoms with Crippen molar-refractivity contribution in [1.29, 1.82) is 0 Å². The predicted molar refractivity (Wildman–Crippen MR) is 74.3 cm³/mol. The normalized spacial score (nSPS) is 12.8. The van der Waals surface area contributed by atoms with Gasteiger partial charge in [0.2, 0.25) is 15.9 Å². The Kier molecular flexibility index (Phi) is 7.24. The molecule has 0 aromatic carbocycles. The van der Waals surface area contributed by atoms with Crippen molar-refractivity contribution in [2.45, 2.75) is 26.3 Å². The number of carboxylic acid groups (broad SMARTS) is 1. The van der Waals surface area contributed by atoms with E-state index in [9.17, 15) is 18.0 Å². The van der Waals surface area contributed by atoms with Gasteiger partial charge in [-0.05, 0) is 12.3 Å². The zero-order valence-electron chi connectivity index (χ0n) is 11.8. The SMILES string of the molecule is C#CCN(CC(=O)O)C(=O)C(CC(C)C)NS(C)(=O)=O. The molecule has 0 aromatic rings. The van der Waals surface area contributed by atoms with Crippen LogP contribution in [0.2, 0.25) is 0 Å². The second-order valence-electron chi connectivity index (χ2n) is 4.86. The Labute approximate surface area is 119 Å². The Hall–Kier alpha value is -1.59. The number of sulfonamides is 1. The number of carbonyl (C=O) groups excluding carboxylic acids is 1. The second-order valence-corrected chi connectivity index (χ2v) is 6.64. The molecule has 1 unspecified atom stereocenters. The van der Waals surface area contributed by atoms with Crippen LogP contribution in [-0.4, -0.2) is 55.7 Å². The molecule has 0 aromatic heterocycles. The lowest BCUT2D eigenvalue weighted by atomic mass is 10.0. The molecule has 0 saturated carbocycles. The first-order valence-electron chi connectivity index (χ1n) is 5.98. The number of terminal acetylenes is 1. The van der Waals surface area contributed by atoms with Gasteiger partial charge in [0.25, 0.3) is 0 Å². The van der Waals surface area contributed by atoms with Gasteiger partial charge in [0.1, 0.15) is 12.6 Å². The van der Waals surface area contributed by atoms with E-state index >= 15 is 0 Å². The third-order valence-corrected chi connectivity index (χ3v) is 2.99. The molecule has 114 valence electrons. The van der Waals surface area contributed by atoms with Gasteiger partial charge in [0.05, 0.1) is 12.8 Å². The van der Waals surface area contributed by atoms with Crippen LogP contribution in [0.25, 0.3) is 0 Å². The third-order valence-electron chi connectivity index (χ3n) is 2.28. The number of rotatable bonds is 8. The number of nitrogens with one attached hydrogen (secondary N) is 1. The van der Waals surface area contributed by atoms with Gasteiger partial charge in [-0.2, -0.15) is 0 Å². The van der Waals surface area contributed by atoms with Crippen LogP contribution in [-0.2, 0) is 19.6 Å². The molecule has 0 saturated heterocycles. The van der Waals surface area contributed by atoms with E-state index in [4.69, 9.17) is 11.5 Å². The van der Waals surface area contributed by atoms with E-state index in [1.165, 1.54) is 0 Å². The van der Waals surface area contributed by atoms with Crippen LogP contribution in [0.3, 0.4) is 0 Å². The lowest BCUT2D eigenvalue weighted by molar-refractivity contribution is -0.144. The monoisotopic (exact) mass is 304 g/mol. The zero-order chi connectivity index (χ0) is 15.9. The maximum absolute atomic E-state index is 12.2. The van der Waals surface area contributed by atoms with Crippen molar-refractivity contribution in [1.82, 2.24) is 9.62 Å². The van der Waals surface area contributed by atoms with Crippen molar-refractivity contribution in [3.05, 3.63) is 0 Å². The van der Waals surface area contributed by atoms with Crippen molar-refractivity contribution < 1.29 is 23.1 Å². The minimum atomic E-state index is -3.59. The van der Waals surface area contributed by atoms with Gasteiger partial charge >= 0.3 is 5.97 Å². The van der Waals surface area contributed by atoms with Crippen molar-refractivity contribution in [2.75, 3.05) is 19.3 Å². The summed E-state index contributed by atoms with van der Waals surface area (Å²) in [4.78, 5) is 23.9. The quantitative estimate of drug-likeness (QED) is 0.588. The van der Waals surface area contributed by atoms with E-state index < -0.39 is 34.5 Å². The smallest absolute Gasteiger partial charge is 0.323 e. The van der Waals surface area contributed by atoms with Gasteiger partial charge in [-0.3, -0.25) is 9.59 Å². The fraction of sp³-hybridized carbons (Fsp3) is 0.667. The standard InChI is InChI=1S/C12H20N2O5S/c1-5-6-14(8-11(15)16)12(17)10(7-9(2)3)13-20(4,18)19/h1,9-10,13H,6-8H2,2-4H3,(H,15,16). The van der Waals surface area contributed by atoms with Crippen LogP contribution in [0.5, 0.6) is 0 Å². The molecule has 0 heterocycles. The van der Waals surface area contributed by atoms with Gasteiger partial charge in [0, 0.05) is 0 Å². The number of carbonyl (C=O) groups is 2. The van der Waals surface area contributed by atoms with Crippen LogP contribution in [0, 0.1) is 18.3 Å². The molecule has 8 heteroatoms. The molecule has 0 rings (SSSR count). The van der Waals surface area contributed by atoms with E-state index in [2.05, 4.69) is 10.6 Å². The topological polar surface area (TPSA) is 104 Å². The first kappa shape index (κ1) is 18.4. The van der Waals surface area contributed by atoms with E-state index in [0.29, 0.717) is 0 Å². The van der Waals surface area contributed by atoms with Crippen molar-refractivity contribution in [2.24, 2.45) is 5.92 Å². The lowest BCUT2D eigenvalue weighted by Gasteiger charge is -2.25. The maximum Gasteiger partial charge on any atom is 0.323 e. The Morgan fingerprint density at radius 2 is 1.95 bits per heavy atom. The molecule has 0 radical (unpaired) electrons. The van der Waals surface area contributed by atoms with E-state index in [0.717, 1.165) is 11.2 Å². The number of hydrogen-bond donors (Lipinski definition) is 2. The number of hydrogen-bond acceptors (Lipinski definition) is 4. The molecule has 0 aliphatic carbocycles. The van der Waals surface area contributed by atoms with Crippen LogP contribution >= 0.6 is 0 Å². The molecular formula is C12H20N2O5S. The first-order chi connectivity index (χ1) is 9.06. The average Bonchev–Trinajstić information content (AvgIpc) is 2.23. The summed E-state index contributed by atoms with van der Waals surface area (Å²) in [6.45, 7) is 2.90. The fourth-order valence-electron chi connectivity index (χ4n) is 1.63. The highest BCUT2D eigenvalue weighted by atomic mass is 32.2. The van der Waals surface area contributed by atoms with Crippen LogP contribution in [0.4, 0.5) is 0 Å². The lowest BCUT2D eigenvalue weighted by Crippen LogP contribution is -2.50. The van der Waals surface area contributed by atoms with Crippen molar-refractivity contribution >= 4 is 21.9 Å². The molecule has 2 N–H and O–H groups in total. The van der Waals surface area contributed by atoms with Gasteiger partial charge in [-0.25, -0.2) is 13.1 Å². The van der Waals surface area contributed by atoms with Gasteiger partial charge in [-0.15, -0.1) is 6.42 Å². The number of amides is 1. The summed E-state index contributed by atoms with van der Waals surface area (Å²) >= 11 is 0. The van der Waals surface area contributed by atoms with Gasteiger partial charge < -0.3 is 10.0 Å². The predicted octanol–water partition coefficient (Wildman–Crippen LogP) is -0.503. The molecule has 7 nitrogen and oxygen atoms in total. The molecule has 1 atom stereocenters. The summed E-state index contributed by atoms with van der Waals surface area (Å²) < 4.78 is 24.8. The zero-order valence-corrected chi connectivity index (χ0v) is 12.6. The Balaban J connectivity index is 5.15. The Morgan fingerprint density at radius 3 is 2.30 bits per heavy atom. The minimum absolute atomic E-state index is 0.0516. The molecule has 0 bridgehead atoms. The second kappa shape index (κ2) is 7.87. The molecule has 0 fully saturated rings.